The van der Waals surface area contributed by atoms with Crippen molar-refractivity contribution in [2.45, 2.75) is 31.8 Å². The van der Waals surface area contributed by atoms with Crippen LogP contribution in [0.4, 0.5) is 5.69 Å². The summed E-state index contributed by atoms with van der Waals surface area (Å²) in [5.41, 5.74) is 1.17. The van der Waals surface area contributed by atoms with Crippen molar-refractivity contribution in [3.8, 4) is 0 Å². The molecule has 2 unspecified atom stereocenters. The van der Waals surface area contributed by atoms with Gasteiger partial charge in [-0.2, -0.15) is 0 Å². The van der Waals surface area contributed by atoms with Gasteiger partial charge in [0, 0.05) is 30.9 Å². The number of hydrogen-bond donors (Lipinski definition) is 2. The fourth-order valence-corrected chi connectivity index (χ4v) is 2.45. The maximum Gasteiger partial charge on any atom is 0.304 e. The Balaban J connectivity index is 2.09. The summed E-state index contributed by atoms with van der Waals surface area (Å²) in [4.78, 5) is 13.1. The van der Waals surface area contributed by atoms with E-state index < -0.39 is 5.97 Å². The number of nitrogens with one attached hydrogen (secondary N) is 1. The van der Waals surface area contributed by atoms with Crippen molar-refractivity contribution in [1.82, 2.24) is 5.32 Å². The van der Waals surface area contributed by atoms with Crippen LogP contribution in [0.1, 0.15) is 19.8 Å². The van der Waals surface area contributed by atoms with Crippen LogP contribution in [0.5, 0.6) is 0 Å². The third kappa shape index (κ3) is 3.47. The summed E-state index contributed by atoms with van der Waals surface area (Å²) < 4.78 is 0. The Kier molecular flexibility index (Phi) is 4.20. The highest BCUT2D eigenvalue weighted by molar-refractivity contribution is 5.67. The Bertz CT molecular complexity index is 394. The van der Waals surface area contributed by atoms with E-state index in [0.717, 1.165) is 19.5 Å². The van der Waals surface area contributed by atoms with Gasteiger partial charge in [0.1, 0.15) is 0 Å². The molecule has 1 aliphatic heterocycles. The Morgan fingerprint density at radius 1 is 1.44 bits per heavy atom. The molecule has 0 spiro atoms. The molecule has 0 saturated carbocycles. The fourth-order valence-electron chi connectivity index (χ4n) is 2.45. The first-order valence-corrected chi connectivity index (χ1v) is 6.43. The molecule has 2 atom stereocenters. The summed E-state index contributed by atoms with van der Waals surface area (Å²) >= 11 is 0. The lowest BCUT2D eigenvalue weighted by atomic mass is 10.1. The number of aliphatic carboxylic acids is 1. The molecule has 1 aromatic rings. The van der Waals surface area contributed by atoms with Crippen molar-refractivity contribution < 1.29 is 9.90 Å². The van der Waals surface area contributed by atoms with Crippen LogP contribution in [-0.4, -0.2) is 36.2 Å². The Morgan fingerprint density at radius 3 is 2.83 bits per heavy atom. The van der Waals surface area contributed by atoms with Gasteiger partial charge in [0.2, 0.25) is 0 Å². The van der Waals surface area contributed by atoms with Crippen LogP contribution in [0.2, 0.25) is 0 Å². The van der Waals surface area contributed by atoms with Crippen LogP contribution < -0.4 is 10.2 Å². The molecule has 4 nitrogen and oxygen atoms in total. The summed E-state index contributed by atoms with van der Waals surface area (Å²) in [7, 11) is 0. The van der Waals surface area contributed by atoms with E-state index in [4.69, 9.17) is 5.11 Å². The highest BCUT2D eigenvalue weighted by Crippen LogP contribution is 2.17. The highest BCUT2D eigenvalue weighted by atomic mass is 16.4. The number of rotatable bonds is 3. The van der Waals surface area contributed by atoms with Crippen molar-refractivity contribution >= 4 is 11.7 Å². The predicted molar refractivity (Wildman–Crippen MR) is 71.9 cm³/mol. The lowest BCUT2D eigenvalue weighted by Crippen LogP contribution is -2.41. The molecule has 1 saturated heterocycles. The van der Waals surface area contributed by atoms with E-state index in [1.54, 1.807) is 0 Å². The first kappa shape index (κ1) is 12.9. The van der Waals surface area contributed by atoms with E-state index in [1.807, 2.05) is 18.2 Å². The van der Waals surface area contributed by atoms with Gasteiger partial charge in [0.15, 0.2) is 0 Å². The number of carboxylic acid groups (broad SMARTS) is 1. The Morgan fingerprint density at radius 2 is 2.17 bits per heavy atom. The zero-order valence-electron chi connectivity index (χ0n) is 10.7. The van der Waals surface area contributed by atoms with Crippen LogP contribution in [0.25, 0.3) is 0 Å². The van der Waals surface area contributed by atoms with Crippen molar-refractivity contribution in [1.29, 1.82) is 0 Å². The summed E-state index contributed by atoms with van der Waals surface area (Å²) in [6, 6.07) is 10.6. The molecule has 1 fully saturated rings. The van der Waals surface area contributed by atoms with Gasteiger partial charge in [0.05, 0.1) is 6.42 Å². The second-order valence-electron chi connectivity index (χ2n) is 4.93. The smallest absolute Gasteiger partial charge is 0.304 e. The van der Waals surface area contributed by atoms with Gasteiger partial charge in [-0.1, -0.05) is 18.2 Å². The summed E-state index contributed by atoms with van der Waals surface area (Å²) in [5.74, 6) is -0.741. The molecule has 2 N–H and O–H groups in total. The minimum atomic E-state index is -0.741. The average molecular weight is 248 g/mol. The largest absolute Gasteiger partial charge is 0.481 e. The van der Waals surface area contributed by atoms with Gasteiger partial charge < -0.3 is 15.3 Å². The minimum absolute atomic E-state index is 0.0141. The summed E-state index contributed by atoms with van der Waals surface area (Å²) in [5, 5.41) is 12.3. The second-order valence-corrected chi connectivity index (χ2v) is 4.93. The predicted octanol–water partition coefficient (Wildman–Crippen LogP) is 1.72. The van der Waals surface area contributed by atoms with Crippen LogP contribution >= 0.6 is 0 Å². The zero-order chi connectivity index (χ0) is 13.0. The molecule has 1 heterocycles. The van der Waals surface area contributed by atoms with Crippen LogP contribution in [0, 0.1) is 0 Å². The topological polar surface area (TPSA) is 52.6 Å². The SMILES string of the molecule is CC1CCN(c2ccccc2)CC(CC(=O)O)N1. The molecule has 2 rings (SSSR count). The molecule has 98 valence electrons. The molecule has 1 aromatic carbocycles. The molecule has 0 amide bonds. The van der Waals surface area contributed by atoms with Gasteiger partial charge in [-0.15, -0.1) is 0 Å². The van der Waals surface area contributed by atoms with Gasteiger partial charge in [-0.3, -0.25) is 4.79 Å². The zero-order valence-corrected chi connectivity index (χ0v) is 10.7. The minimum Gasteiger partial charge on any atom is -0.481 e. The summed E-state index contributed by atoms with van der Waals surface area (Å²) in [6.45, 7) is 3.83. The van der Waals surface area contributed by atoms with Crippen LogP contribution in [0.3, 0.4) is 0 Å². The monoisotopic (exact) mass is 248 g/mol. The highest BCUT2D eigenvalue weighted by Gasteiger charge is 2.23. The molecule has 4 heteroatoms. The first-order chi connectivity index (χ1) is 8.65. The van der Waals surface area contributed by atoms with Crippen molar-refractivity contribution in [3.05, 3.63) is 30.3 Å². The lowest BCUT2D eigenvalue weighted by Gasteiger charge is -2.25. The number of para-hydroxylation sites is 1. The van der Waals surface area contributed by atoms with E-state index in [2.05, 4.69) is 29.3 Å². The number of hydrogen-bond acceptors (Lipinski definition) is 3. The van der Waals surface area contributed by atoms with E-state index in [-0.39, 0.29) is 12.5 Å². The van der Waals surface area contributed by atoms with E-state index >= 15 is 0 Å². The third-order valence-electron chi connectivity index (χ3n) is 3.34. The van der Waals surface area contributed by atoms with Gasteiger partial charge in [-0.05, 0) is 25.5 Å². The van der Waals surface area contributed by atoms with Crippen LogP contribution in [-0.2, 0) is 4.79 Å². The van der Waals surface area contributed by atoms with Crippen LogP contribution in [0.15, 0.2) is 30.3 Å². The Hall–Kier alpha value is -1.55. The van der Waals surface area contributed by atoms with Crippen molar-refractivity contribution in [2.75, 3.05) is 18.0 Å². The number of nitrogens with zero attached hydrogens (tertiary/aromatic N) is 1. The quantitative estimate of drug-likeness (QED) is 0.855. The summed E-state index contributed by atoms with van der Waals surface area (Å²) in [6.07, 6.45) is 1.21. The molecule has 0 aliphatic carbocycles. The second kappa shape index (κ2) is 5.87. The number of benzene rings is 1. The molecule has 1 aliphatic rings. The lowest BCUT2D eigenvalue weighted by molar-refractivity contribution is -0.137. The van der Waals surface area contributed by atoms with E-state index in [1.165, 1.54) is 5.69 Å². The Labute approximate surface area is 108 Å². The molecular weight excluding hydrogens is 228 g/mol. The van der Waals surface area contributed by atoms with Gasteiger partial charge >= 0.3 is 5.97 Å². The standard InChI is InChI=1S/C14H20N2O2/c1-11-7-8-16(13-5-3-2-4-6-13)10-12(15-11)9-14(17)18/h2-6,11-12,15H,7-10H2,1H3,(H,17,18). The maximum absolute atomic E-state index is 10.9. The molecule has 0 radical (unpaired) electrons. The fraction of sp³-hybridized carbons (Fsp3) is 0.500. The van der Waals surface area contributed by atoms with Crippen molar-refractivity contribution in [2.24, 2.45) is 0 Å². The van der Waals surface area contributed by atoms with Gasteiger partial charge in [0.25, 0.3) is 0 Å². The van der Waals surface area contributed by atoms with E-state index in [9.17, 15) is 4.79 Å². The van der Waals surface area contributed by atoms with Crippen molar-refractivity contribution in [3.63, 3.8) is 0 Å². The third-order valence-corrected chi connectivity index (χ3v) is 3.34. The average Bonchev–Trinajstić information content (AvgIpc) is 2.51. The normalized spacial score (nSPS) is 24.6. The molecule has 18 heavy (non-hydrogen) atoms. The molecule has 0 aromatic heterocycles. The molecular formula is C14H20N2O2. The number of carbonyl (C=O) groups is 1. The molecule has 0 bridgehead atoms. The van der Waals surface area contributed by atoms with E-state index in [0.29, 0.717) is 6.04 Å². The van der Waals surface area contributed by atoms with Gasteiger partial charge in [-0.25, -0.2) is 0 Å². The first-order valence-electron chi connectivity index (χ1n) is 6.43. The number of anilines is 1. The maximum atomic E-state index is 10.9. The number of carboxylic acids is 1.